The Morgan fingerprint density at radius 1 is 1.19 bits per heavy atom. The summed E-state index contributed by atoms with van der Waals surface area (Å²) in [5, 5.41) is 20.7. The summed E-state index contributed by atoms with van der Waals surface area (Å²) in [6.07, 6.45) is 0. The summed E-state index contributed by atoms with van der Waals surface area (Å²) in [5.74, 6) is -3.10. The molecule has 0 saturated carbocycles. The predicted octanol–water partition coefficient (Wildman–Crippen LogP) is 0.889. The molecule has 1 saturated heterocycles. The van der Waals surface area contributed by atoms with Crippen molar-refractivity contribution in [1.82, 2.24) is 5.32 Å². The molecule has 2 rings (SSSR count). The number of nitrogens with one attached hydrogen (secondary N) is 1. The van der Waals surface area contributed by atoms with Crippen LogP contribution >= 0.6 is 0 Å². The van der Waals surface area contributed by atoms with Gasteiger partial charge in [-0.3, -0.25) is 14.9 Å². The summed E-state index contributed by atoms with van der Waals surface area (Å²) in [6, 6.07) is 10.5. The van der Waals surface area contributed by atoms with E-state index in [0.29, 0.717) is 11.3 Å². The largest absolute Gasteiger partial charge is 0.497 e. The zero-order chi connectivity index (χ0) is 15.6. The van der Waals surface area contributed by atoms with Crippen LogP contribution in [0.15, 0.2) is 24.3 Å². The number of amides is 2. The minimum atomic E-state index is -1.22. The number of imide groups is 1. The van der Waals surface area contributed by atoms with E-state index in [1.54, 1.807) is 31.2 Å². The van der Waals surface area contributed by atoms with Crippen molar-refractivity contribution < 1.29 is 14.3 Å². The number of hydrogen-bond acceptors (Lipinski definition) is 5. The van der Waals surface area contributed by atoms with Crippen molar-refractivity contribution in [3.63, 3.8) is 0 Å². The van der Waals surface area contributed by atoms with Crippen LogP contribution in [0.4, 0.5) is 0 Å². The van der Waals surface area contributed by atoms with Crippen molar-refractivity contribution in [2.24, 2.45) is 11.8 Å². The number of nitriles is 2. The Balaban J connectivity index is 2.66. The number of carbonyl (C=O) groups excluding carboxylic acids is 2. The third kappa shape index (κ3) is 2.11. The zero-order valence-electron chi connectivity index (χ0n) is 11.6. The molecule has 1 aromatic rings. The highest BCUT2D eigenvalue weighted by Gasteiger charge is 2.54. The molecule has 0 aliphatic carbocycles. The molecule has 3 atom stereocenters. The van der Waals surface area contributed by atoms with Crippen LogP contribution in [0, 0.1) is 34.5 Å². The first kappa shape index (κ1) is 14.5. The third-order valence-corrected chi connectivity index (χ3v) is 3.92. The van der Waals surface area contributed by atoms with E-state index < -0.39 is 29.1 Å². The van der Waals surface area contributed by atoms with Crippen molar-refractivity contribution >= 4 is 11.8 Å². The lowest BCUT2D eigenvalue weighted by molar-refractivity contribution is -0.140. The van der Waals surface area contributed by atoms with Gasteiger partial charge in [-0.05, 0) is 17.7 Å². The summed E-state index contributed by atoms with van der Waals surface area (Å²) >= 11 is 0. The highest BCUT2D eigenvalue weighted by Crippen LogP contribution is 2.42. The molecule has 1 aliphatic rings. The van der Waals surface area contributed by atoms with Crippen LogP contribution in [0.3, 0.4) is 0 Å². The van der Waals surface area contributed by atoms with E-state index in [0.717, 1.165) is 0 Å². The summed E-state index contributed by atoms with van der Waals surface area (Å²) in [7, 11) is 1.49. The van der Waals surface area contributed by atoms with Gasteiger partial charge in [0, 0.05) is 5.41 Å². The SMILES string of the molecule is COc1cccc(C2(C)[C@H](C#N)C(=O)NC(=O)[C@@H]2C#N)c1. The number of carbonyl (C=O) groups is 2. The Hall–Kier alpha value is -2.86. The van der Waals surface area contributed by atoms with Gasteiger partial charge < -0.3 is 4.74 Å². The van der Waals surface area contributed by atoms with Crippen LogP contribution in [-0.4, -0.2) is 18.9 Å². The number of methoxy groups -OCH3 is 1. The average molecular weight is 283 g/mol. The van der Waals surface area contributed by atoms with Gasteiger partial charge in [-0.25, -0.2) is 0 Å². The fourth-order valence-electron chi connectivity index (χ4n) is 2.65. The van der Waals surface area contributed by atoms with Crippen molar-refractivity contribution in [1.29, 1.82) is 10.5 Å². The van der Waals surface area contributed by atoms with Gasteiger partial charge in [-0.2, -0.15) is 10.5 Å². The lowest BCUT2D eigenvalue weighted by atomic mass is 9.62. The van der Waals surface area contributed by atoms with E-state index in [-0.39, 0.29) is 0 Å². The minimum absolute atomic E-state index is 0.528. The predicted molar refractivity (Wildman–Crippen MR) is 71.7 cm³/mol. The lowest BCUT2D eigenvalue weighted by Crippen LogP contribution is -2.58. The molecule has 1 unspecified atom stereocenters. The monoisotopic (exact) mass is 283 g/mol. The van der Waals surface area contributed by atoms with Crippen LogP contribution in [0.5, 0.6) is 5.75 Å². The molecule has 0 aromatic heterocycles. The molecule has 1 aromatic carbocycles. The molecule has 21 heavy (non-hydrogen) atoms. The molecule has 1 heterocycles. The maximum absolute atomic E-state index is 11.9. The molecule has 0 bridgehead atoms. The van der Waals surface area contributed by atoms with Gasteiger partial charge >= 0.3 is 0 Å². The molecule has 2 amide bonds. The minimum Gasteiger partial charge on any atom is -0.497 e. The summed E-state index contributed by atoms with van der Waals surface area (Å²) in [4.78, 5) is 23.9. The van der Waals surface area contributed by atoms with Gasteiger partial charge in [0.15, 0.2) is 0 Å². The topological polar surface area (TPSA) is 103 Å². The molecule has 1 N–H and O–H groups in total. The van der Waals surface area contributed by atoms with Crippen LogP contribution in [-0.2, 0) is 15.0 Å². The van der Waals surface area contributed by atoms with Crippen molar-refractivity contribution in [2.45, 2.75) is 12.3 Å². The van der Waals surface area contributed by atoms with E-state index in [1.165, 1.54) is 7.11 Å². The van der Waals surface area contributed by atoms with E-state index in [4.69, 9.17) is 4.74 Å². The average Bonchev–Trinajstić information content (AvgIpc) is 2.47. The summed E-state index contributed by atoms with van der Waals surface area (Å²) in [5.41, 5.74) is -0.680. The molecule has 0 radical (unpaired) electrons. The summed E-state index contributed by atoms with van der Waals surface area (Å²) in [6.45, 7) is 1.58. The molecule has 6 nitrogen and oxygen atoms in total. The van der Waals surface area contributed by atoms with Crippen LogP contribution in [0.1, 0.15) is 12.5 Å². The maximum atomic E-state index is 11.9. The standard InChI is InChI=1S/C15H13N3O3/c1-15(9-4-3-5-10(6-9)21-2)11(7-16)13(19)18-14(20)12(15)8-17/h3-6,11-12H,1-2H3,(H,18,19,20)/t11-,12+,15?. The molecule has 1 fully saturated rings. The van der Waals surface area contributed by atoms with E-state index in [1.807, 2.05) is 12.1 Å². The van der Waals surface area contributed by atoms with E-state index in [9.17, 15) is 20.1 Å². The number of nitrogens with zero attached hydrogens (tertiary/aromatic N) is 2. The highest BCUT2D eigenvalue weighted by molar-refractivity contribution is 6.04. The highest BCUT2D eigenvalue weighted by atomic mass is 16.5. The van der Waals surface area contributed by atoms with Gasteiger partial charge in [-0.1, -0.05) is 19.1 Å². The molecule has 0 spiro atoms. The van der Waals surface area contributed by atoms with Gasteiger partial charge in [0.1, 0.15) is 17.6 Å². The fraction of sp³-hybridized carbons (Fsp3) is 0.333. The van der Waals surface area contributed by atoms with Gasteiger partial charge in [0.05, 0.1) is 19.2 Å². The van der Waals surface area contributed by atoms with Crippen LogP contribution in [0.2, 0.25) is 0 Å². The third-order valence-electron chi connectivity index (χ3n) is 3.92. The molecule has 106 valence electrons. The first-order chi connectivity index (χ1) is 9.98. The van der Waals surface area contributed by atoms with Crippen LogP contribution in [0.25, 0.3) is 0 Å². The van der Waals surface area contributed by atoms with Gasteiger partial charge in [-0.15, -0.1) is 0 Å². The first-order valence-corrected chi connectivity index (χ1v) is 6.27. The quantitative estimate of drug-likeness (QED) is 0.812. The second-order valence-corrected chi connectivity index (χ2v) is 4.99. The van der Waals surface area contributed by atoms with Gasteiger partial charge in [0.2, 0.25) is 11.8 Å². The number of rotatable bonds is 2. The second kappa shape index (κ2) is 5.26. The first-order valence-electron chi connectivity index (χ1n) is 6.27. The fourth-order valence-corrected chi connectivity index (χ4v) is 2.65. The number of ether oxygens (including phenoxy) is 1. The van der Waals surface area contributed by atoms with Crippen molar-refractivity contribution in [3.05, 3.63) is 29.8 Å². The maximum Gasteiger partial charge on any atom is 0.244 e. The molecule has 1 aliphatic heterocycles. The van der Waals surface area contributed by atoms with Crippen molar-refractivity contribution in [2.75, 3.05) is 7.11 Å². The lowest BCUT2D eigenvalue weighted by Gasteiger charge is -2.40. The number of benzene rings is 1. The number of piperidine rings is 1. The molecule has 6 heteroatoms. The van der Waals surface area contributed by atoms with Crippen molar-refractivity contribution in [3.8, 4) is 17.9 Å². The normalized spacial score (nSPS) is 28.2. The Morgan fingerprint density at radius 3 is 2.24 bits per heavy atom. The van der Waals surface area contributed by atoms with E-state index in [2.05, 4.69) is 5.32 Å². The molecular weight excluding hydrogens is 270 g/mol. The Morgan fingerprint density at radius 2 is 1.76 bits per heavy atom. The Kier molecular flexibility index (Phi) is 3.64. The van der Waals surface area contributed by atoms with Gasteiger partial charge in [0.25, 0.3) is 0 Å². The summed E-state index contributed by atoms with van der Waals surface area (Å²) < 4.78 is 5.13. The van der Waals surface area contributed by atoms with Crippen LogP contribution < -0.4 is 10.1 Å². The smallest absolute Gasteiger partial charge is 0.244 e. The zero-order valence-corrected chi connectivity index (χ0v) is 11.6. The Labute approximate surface area is 121 Å². The number of hydrogen-bond donors (Lipinski definition) is 1. The second-order valence-electron chi connectivity index (χ2n) is 4.99. The Bertz CT molecular complexity index is 652. The van der Waals surface area contributed by atoms with E-state index >= 15 is 0 Å². The molecular formula is C15H13N3O3.